The van der Waals surface area contributed by atoms with Gasteiger partial charge in [-0.25, -0.2) is 13.9 Å². The van der Waals surface area contributed by atoms with E-state index in [0.717, 1.165) is 5.56 Å². The van der Waals surface area contributed by atoms with Crippen molar-refractivity contribution in [3.05, 3.63) is 105 Å². The van der Waals surface area contributed by atoms with Gasteiger partial charge < -0.3 is 20.6 Å². The van der Waals surface area contributed by atoms with Crippen molar-refractivity contribution in [1.29, 1.82) is 5.26 Å². The summed E-state index contributed by atoms with van der Waals surface area (Å²) in [5, 5.41) is 36.2. The fourth-order valence-electron chi connectivity index (χ4n) is 5.35. The molecule has 45 heavy (non-hydrogen) atoms. The lowest BCUT2D eigenvalue weighted by atomic mass is 10.0. The van der Waals surface area contributed by atoms with E-state index in [0.29, 0.717) is 69.6 Å². The van der Waals surface area contributed by atoms with Crippen molar-refractivity contribution >= 4 is 68.9 Å². The highest BCUT2D eigenvalue weighted by Crippen LogP contribution is 2.37. The Morgan fingerprint density at radius 2 is 1.78 bits per heavy atom. The van der Waals surface area contributed by atoms with Crippen molar-refractivity contribution in [3.8, 4) is 6.07 Å². The van der Waals surface area contributed by atoms with Crippen LogP contribution in [-0.4, -0.2) is 49.2 Å². The molecule has 0 saturated carbocycles. The van der Waals surface area contributed by atoms with Gasteiger partial charge in [0.2, 0.25) is 0 Å². The molecule has 0 radical (unpaired) electrons. The second-order valence-electron chi connectivity index (χ2n) is 10.5. The number of pyridine rings is 1. The molecule has 3 aromatic carbocycles. The first-order valence-electron chi connectivity index (χ1n) is 13.9. The molecule has 1 saturated heterocycles. The summed E-state index contributed by atoms with van der Waals surface area (Å²) >= 11 is 18.9. The van der Waals surface area contributed by atoms with Crippen LogP contribution in [0.3, 0.4) is 0 Å². The molecule has 3 heterocycles. The zero-order valence-corrected chi connectivity index (χ0v) is 25.7. The van der Waals surface area contributed by atoms with Crippen molar-refractivity contribution in [2.75, 3.05) is 23.7 Å². The number of likely N-dealkylation sites (tertiary alicyclic amines) is 1. The van der Waals surface area contributed by atoms with Crippen LogP contribution in [0.5, 0.6) is 0 Å². The summed E-state index contributed by atoms with van der Waals surface area (Å²) in [7, 11) is 0. The van der Waals surface area contributed by atoms with Crippen LogP contribution in [0.15, 0.2) is 67.0 Å². The van der Waals surface area contributed by atoms with Gasteiger partial charge in [0.25, 0.3) is 0 Å². The number of hydrogen-bond acceptors (Lipinski definition) is 7. The zero-order valence-electron chi connectivity index (χ0n) is 23.4. The largest absolute Gasteiger partial charge is 0.465 e. The molecule has 0 aliphatic carbocycles. The number of benzene rings is 3. The molecule has 6 rings (SSSR count). The van der Waals surface area contributed by atoms with E-state index < -0.39 is 18.0 Å². The number of hydrogen-bond donors (Lipinski definition) is 3. The van der Waals surface area contributed by atoms with Crippen LogP contribution in [0.2, 0.25) is 15.1 Å². The number of piperidine rings is 1. The number of rotatable bonds is 7. The Balaban J connectivity index is 1.37. The third-order valence-corrected chi connectivity index (χ3v) is 8.51. The van der Waals surface area contributed by atoms with Gasteiger partial charge in [-0.2, -0.15) is 5.26 Å². The van der Waals surface area contributed by atoms with E-state index in [1.165, 1.54) is 29.3 Å². The fraction of sp³-hybridized carbons (Fsp3) is 0.194. The SMILES string of the molecule is N#Cc1cnc2c(Cl)cc(N[C@@H](c3ccc(Cl)cc3)c3cn(C4CCN(C(=O)O)CC4)nn3)cc2c1Nc1ccc(F)c(Cl)c1. The predicted molar refractivity (Wildman–Crippen MR) is 171 cm³/mol. The third-order valence-electron chi connectivity index (χ3n) is 7.68. The van der Waals surface area contributed by atoms with E-state index >= 15 is 0 Å². The molecule has 1 amide bonds. The maximum atomic E-state index is 13.8. The fourth-order valence-corrected chi connectivity index (χ4v) is 5.93. The summed E-state index contributed by atoms with van der Waals surface area (Å²) in [6.07, 6.45) is 3.60. The molecule has 0 spiro atoms. The quantitative estimate of drug-likeness (QED) is 0.159. The number of carboxylic acid groups (broad SMARTS) is 1. The molecule has 3 N–H and O–H groups in total. The molecule has 228 valence electrons. The molecule has 14 heteroatoms. The topological polar surface area (TPSA) is 132 Å². The first-order chi connectivity index (χ1) is 21.7. The molecule has 1 aliphatic heterocycles. The van der Waals surface area contributed by atoms with Gasteiger partial charge >= 0.3 is 6.09 Å². The predicted octanol–water partition coefficient (Wildman–Crippen LogP) is 8.06. The number of nitriles is 1. The highest BCUT2D eigenvalue weighted by molar-refractivity contribution is 6.36. The number of nitrogens with zero attached hydrogens (tertiary/aromatic N) is 6. The monoisotopic (exact) mass is 664 g/mol. The maximum absolute atomic E-state index is 13.8. The molecule has 1 aliphatic rings. The van der Waals surface area contributed by atoms with Gasteiger partial charge in [0.1, 0.15) is 17.6 Å². The normalized spacial score (nSPS) is 14.2. The Kier molecular flexibility index (Phi) is 8.63. The Morgan fingerprint density at radius 3 is 2.47 bits per heavy atom. The molecule has 1 fully saturated rings. The lowest BCUT2D eigenvalue weighted by Gasteiger charge is -2.29. The van der Waals surface area contributed by atoms with Crippen LogP contribution in [0.1, 0.15) is 41.7 Å². The van der Waals surface area contributed by atoms with E-state index in [1.54, 1.807) is 22.9 Å². The highest BCUT2D eigenvalue weighted by atomic mass is 35.5. The van der Waals surface area contributed by atoms with Crippen LogP contribution in [0.4, 0.5) is 26.2 Å². The van der Waals surface area contributed by atoms with E-state index in [2.05, 4.69) is 32.0 Å². The van der Waals surface area contributed by atoms with Crippen molar-refractivity contribution in [2.45, 2.75) is 24.9 Å². The zero-order chi connectivity index (χ0) is 31.7. The number of halogens is 4. The first kappa shape index (κ1) is 30.4. The molecule has 2 aromatic heterocycles. The van der Waals surface area contributed by atoms with Crippen LogP contribution >= 0.6 is 34.8 Å². The second kappa shape index (κ2) is 12.8. The lowest BCUT2D eigenvalue weighted by molar-refractivity contribution is 0.123. The van der Waals surface area contributed by atoms with E-state index in [4.69, 9.17) is 34.8 Å². The minimum Gasteiger partial charge on any atom is -0.465 e. The standard InChI is InChI=1S/C31H24Cl3FN8O2/c32-19-3-1-17(2-4-19)29(27-16-43(41-40-27)22-7-9-42(10-8-22)31(44)45)39-21-11-23-28(38-20-5-6-26(35)24(33)12-20)18(14-36)15-37-30(23)25(34)13-21/h1-6,11-13,15-16,22,29,39H,7-10H2,(H,37,38)(H,44,45)/t29-/m0/s1. The van der Waals surface area contributed by atoms with Gasteiger partial charge in [-0.3, -0.25) is 4.98 Å². The Hall–Kier alpha value is -4.63. The molecule has 0 bridgehead atoms. The summed E-state index contributed by atoms with van der Waals surface area (Å²) in [5.41, 5.74) is 3.70. The average molecular weight is 666 g/mol. The summed E-state index contributed by atoms with van der Waals surface area (Å²) < 4.78 is 15.6. The van der Waals surface area contributed by atoms with Crippen LogP contribution in [0, 0.1) is 17.1 Å². The molecular formula is C31H24Cl3FN8O2. The number of amides is 1. The number of aromatic nitrogens is 4. The van der Waals surface area contributed by atoms with Gasteiger partial charge in [0.05, 0.1) is 45.1 Å². The highest BCUT2D eigenvalue weighted by Gasteiger charge is 2.26. The first-order valence-corrected chi connectivity index (χ1v) is 15.0. The van der Waals surface area contributed by atoms with E-state index in [9.17, 15) is 19.6 Å². The van der Waals surface area contributed by atoms with Crippen molar-refractivity contribution in [3.63, 3.8) is 0 Å². The Labute approximate surface area is 271 Å². The summed E-state index contributed by atoms with van der Waals surface area (Å²) in [4.78, 5) is 17.2. The number of nitrogens with one attached hydrogen (secondary N) is 2. The van der Waals surface area contributed by atoms with Gasteiger partial charge in [-0.15, -0.1) is 5.10 Å². The molecule has 10 nitrogen and oxygen atoms in total. The minimum absolute atomic E-state index is 0.00639. The summed E-state index contributed by atoms with van der Waals surface area (Å²) in [5.74, 6) is -0.562. The number of anilines is 3. The second-order valence-corrected chi connectivity index (χ2v) is 11.8. The maximum Gasteiger partial charge on any atom is 0.407 e. The number of fused-ring (bicyclic) bond motifs is 1. The Bertz CT molecular complexity index is 1940. The molecule has 1 atom stereocenters. The van der Waals surface area contributed by atoms with E-state index in [-0.39, 0.29) is 16.6 Å². The van der Waals surface area contributed by atoms with E-state index in [1.807, 2.05) is 24.4 Å². The van der Waals surface area contributed by atoms with Gasteiger partial charge in [0, 0.05) is 41.1 Å². The average Bonchev–Trinajstić information content (AvgIpc) is 3.53. The van der Waals surface area contributed by atoms with Crippen LogP contribution in [-0.2, 0) is 0 Å². The molecule has 5 aromatic rings. The van der Waals surface area contributed by atoms with Crippen molar-refractivity contribution < 1.29 is 14.3 Å². The minimum atomic E-state index is -0.925. The third kappa shape index (κ3) is 6.44. The van der Waals surface area contributed by atoms with Crippen molar-refractivity contribution in [2.24, 2.45) is 0 Å². The lowest BCUT2D eigenvalue weighted by Crippen LogP contribution is -2.38. The summed E-state index contributed by atoms with van der Waals surface area (Å²) in [6, 6.07) is 16.7. The smallest absolute Gasteiger partial charge is 0.407 e. The summed E-state index contributed by atoms with van der Waals surface area (Å²) in [6.45, 7) is 0.839. The Morgan fingerprint density at radius 1 is 1.04 bits per heavy atom. The van der Waals surface area contributed by atoms with Crippen LogP contribution < -0.4 is 10.6 Å². The number of carbonyl (C=O) groups is 1. The van der Waals surface area contributed by atoms with Gasteiger partial charge in [-0.1, -0.05) is 52.1 Å². The van der Waals surface area contributed by atoms with Gasteiger partial charge in [0.15, 0.2) is 0 Å². The molecule has 0 unspecified atom stereocenters. The van der Waals surface area contributed by atoms with Crippen LogP contribution in [0.25, 0.3) is 10.9 Å². The van der Waals surface area contributed by atoms with Gasteiger partial charge in [-0.05, 0) is 60.9 Å². The molecular weight excluding hydrogens is 642 g/mol. The van der Waals surface area contributed by atoms with Crippen molar-refractivity contribution in [1.82, 2.24) is 24.9 Å².